The number of pyridine rings is 1. The van der Waals surface area contributed by atoms with Crippen molar-refractivity contribution in [3.63, 3.8) is 0 Å². The molecule has 0 aliphatic rings. The van der Waals surface area contributed by atoms with Gasteiger partial charge in [0.25, 0.3) is 0 Å². The van der Waals surface area contributed by atoms with E-state index in [9.17, 15) is 5.11 Å². The van der Waals surface area contributed by atoms with Crippen LogP contribution in [-0.4, -0.2) is 28.8 Å². The Bertz CT molecular complexity index is 285. The van der Waals surface area contributed by atoms with E-state index in [2.05, 4.69) is 10.3 Å². The lowest BCUT2D eigenvalue weighted by Crippen LogP contribution is -2.27. The number of hydrogen-bond acceptors (Lipinski definition) is 4. The van der Waals surface area contributed by atoms with Gasteiger partial charge >= 0.3 is 0 Å². The predicted octanol–water partition coefficient (Wildman–Crippen LogP) is 1.66. The number of nitrogens with one attached hydrogen (secondary N) is 1. The molecular formula is C11H18N2O2. The molecular weight excluding hydrogens is 192 g/mol. The molecule has 1 heterocycles. The van der Waals surface area contributed by atoms with Gasteiger partial charge in [0, 0.05) is 12.1 Å². The van der Waals surface area contributed by atoms with Gasteiger partial charge in [0.2, 0.25) is 5.88 Å². The Morgan fingerprint density at radius 2 is 2.20 bits per heavy atom. The van der Waals surface area contributed by atoms with Crippen LogP contribution in [0.3, 0.4) is 0 Å². The van der Waals surface area contributed by atoms with Gasteiger partial charge in [-0.05, 0) is 26.8 Å². The fraction of sp³-hybridized carbons (Fsp3) is 0.545. The summed E-state index contributed by atoms with van der Waals surface area (Å²) >= 11 is 0. The van der Waals surface area contributed by atoms with Crippen LogP contribution < -0.4 is 10.1 Å². The number of nitrogens with zero attached hydrogens (tertiary/aromatic N) is 1. The molecule has 4 heteroatoms. The summed E-state index contributed by atoms with van der Waals surface area (Å²) in [5.74, 6) is 0.618. The fourth-order valence-electron chi connectivity index (χ4n) is 1.08. The molecule has 15 heavy (non-hydrogen) atoms. The van der Waals surface area contributed by atoms with E-state index in [-0.39, 0.29) is 6.04 Å². The second-order valence-corrected chi connectivity index (χ2v) is 3.49. The Morgan fingerprint density at radius 1 is 1.47 bits per heavy atom. The smallest absolute Gasteiger partial charge is 0.213 e. The van der Waals surface area contributed by atoms with Gasteiger partial charge in [-0.15, -0.1) is 0 Å². The number of anilines is 1. The zero-order chi connectivity index (χ0) is 11.3. The van der Waals surface area contributed by atoms with Gasteiger partial charge < -0.3 is 15.2 Å². The van der Waals surface area contributed by atoms with Crippen molar-refractivity contribution in [1.82, 2.24) is 4.98 Å². The van der Waals surface area contributed by atoms with Crippen molar-refractivity contribution in [3.05, 3.63) is 18.3 Å². The van der Waals surface area contributed by atoms with E-state index in [1.54, 1.807) is 19.2 Å². The second-order valence-electron chi connectivity index (χ2n) is 3.49. The number of aliphatic hydroxyl groups excluding tert-OH is 1. The Hall–Kier alpha value is -1.29. The van der Waals surface area contributed by atoms with Crippen LogP contribution in [0, 0.1) is 0 Å². The lowest BCUT2D eigenvalue weighted by molar-refractivity contribution is 0.178. The molecule has 0 bridgehead atoms. The summed E-state index contributed by atoms with van der Waals surface area (Å²) in [5.41, 5.74) is 0.881. The van der Waals surface area contributed by atoms with Crippen molar-refractivity contribution in [2.45, 2.75) is 32.9 Å². The Morgan fingerprint density at radius 3 is 2.67 bits per heavy atom. The van der Waals surface area contributed by atoms with Gasteiger partial charge in [-0.25, -0.2) is 4.98 Å². The molecule has 0 spiro atoms. The number of rotatable bonds is 5. The molecule has 0 saturated carbocycles. The molecule has 2 unspecified atom stereocenters. The highest BCUT2D eigenvalue weighted by Crippen LogP contribution is 2.13. The van der Waals surface area contributed by atoms with Gasteiger partial charge in [-0.1, -0.05) is 0 Å². The van der Waals surface area contributed by atoms with E-state index in [0.29, 0.717) is 12.5 Å². The number of aliphatic hydroxyl groups is 1. The maximum absolute atomic E-state index is 9.31. The minimum Gasteiger partial charge on any atom is -0.478 e. The summed E-state index contributed by atoms with van der Waals surface area (Å²) in [7, 11) is 0. The third-order valence-corrected chi connectivity index (χ3v) is 2.15. The molecule has 84 valence electrons. The highest BCUT2D eigenvalue weighted by molar-refractivity contribution is 5.42. The minimum atomic E-state index is -0.392. The second kappa shape index (κ2) is 5.56. The molecule has 0 aliphatic carbocycles. The molecule has 1 aromatic heterocycles. The lowest BCUT2D eigenvalue weighted by Gasteiger charge is -2.17. The topological polar surface area (TPSA) is 54.4 Å². The first kappa shape index (κ1) is 11.8. The summed E-state index contributed by atoms with van der Waals surface area (Å²) in [5, 5.41) is 12.5. The quantitative estimate of drug-likeness (QED) is 0.776. The van der Waals surface area contributed by atoms with Crippen LogP contribution in [0.5, 0.6) is 5.88 Å². The first-order valence-corrected chi connectivity index (χ1v) is 5.17. The van der Waals surface area contributed by atoms with Gasteiger partial charge in [-0.2, -0.15) is 0 Å². The first-order valence-electron chi connectivity index (χ1n) is 5.17. The van der Waals surface area contributed by atoms with Gasteiger partial charge in [0.1, 0.15) is 0 Å². The molecule has 0 aromatic carbocycles. The van der Waals surface area contributed by atoms with E-state index in [4.69, 9.17) is 4.74 Å². The van der Waals surface area contributed by atoms with Crippen molar-refractivity contribution in [2.75, 3.05) is 11.9 Å². The van der Waals surface area contributed by atoms with E-state index in [1.165, 1.54) is 0 Å². The molecule has 1 aromatic rings. The van der Waals surface area contributed by atoms with Crippen LogP contribution in [0.15, 0.2) is 18.3 Å². The van der Waals surface area contributed by atoms with Crippen molar-refractivity contribution >= 4 is 5.69 Å². The van der Waals surface area contributed by atoms with Gasteiger partial charge in [0.15, 0.2) is 0 Å². The Labute approximate surface area is 90.3 Å². The van der Waals surface area contributed by atoms with E-state index in [1.807, 2.05) is 19.9 Å². The fourth-order valence-corrected chi connectivity index (χ4v) is 1.08. The summed E-state index contributed by atoms with van der Waals surface area (Å²) in [6.07, 6.45) is 1.31. The van der Waals surface area contributed by atoms with Crippen molar-refractivity contribution in [2.24, 2.45) is 0 Å². The summed E-state index contributed by atoms with van der Waals surface area (Å²) in [4.78, 5) is 4.11. The lowest BCUT2D eigenvalue weighted by atomic mass is 10.2. The Kier molecular flexibility index (Phi) is 4.37. The van der Waals surface area contributed by atoms with Crippen molar-refractivity contribution in [1.29, 1.82) is 0 Å². The molecule has 0 aliphatic heterocycles. The van der Waals surface area contributed by atoms with E-state index < -0.39 is 6.10 Å². The molecule has 0 saturated heterocycles. The monoisotopic (exact) mass is 210 g/mol. The first-order chi connectivity index (χ1) is 7.13. The SMILES string of the molecule is CCOc1ccc(NC(C)C(C)O)cn1. The van der Waals surface area contributed by atoms with Crippen LogP contribution in [0.4, 0.5) is 5.69 Å². The average molecular weight is 210 g/mol. The average Bonchev–Trinajstić information content (AvgIpc) is 2.21. The Balaban J connectivity index is 2.56. The number of ether oxygens (including phenoxy) is 1. The molecule has 4 nitrogen and oxygen atoms in total. The zero-order valence-corrected chi connectivity index (χ0v) is 9.40. The maximum atomic E-state index is 9.31. The zero-order valence-electron chi connectivity index (χ0n) is 9.40. The molecule has 1 rings (SSSR count). The third kappa shape index (κ3) is 3.75. The third-order valence-electron chi connectivity index (χ3n) is 2.15. The van der Waals surface area contributed by atoms with Gasteiger partial charge in [-0.3, -0.25) is 0 Å². The van der Waals surface area contributed by atoms with E-state index in [0.717, 1.165) is 5.69 Å². The van der Waals surface area contributed by atoms with Crippen LogP contribution >= 0.6 is 0 Å². The van der Waals surface area contributed by atoms with Gasteiger partial charge in [0.05, 0.1) is 24.6 Å². The normalized spacial score (nSPS) is 14.4. The summed E-state index contributed by atoms with van der Waals surface area (Å²) in [6.45, 7) is 6.20. The largest absolute Gasteiger partial charge is 0.478 e. The standard InChI is InChI=1S/C11H18N2O2/c1-4-15-11-6-5-10(7-12-11)13-8(2)9(3)14/h5-9,13-14H,4H2,1-3H3. The minimum absolute atomic E-state index is 0.00439. The maximum Gasteiger partial charge on any atom is 0.213 e. The van der Waals surface area contributed by atoms with Crippen LogP contribution in [-0.2, 0) is 0 Å². The highest BCUT2D eigenvalue weighted by Gasteiger charge is 2.07. The van der Waals surface area contributed by atoms with E-state index >= 15 is 0 Å². The molecule has 0 radical (unpaired) electrons. The van der Waals surface area contributed by atoms with Crippen LogP contribution in [0.1, 0.15) is 20.8 Å². The van der Waals surface area contributed by atoms with Crippen LogP contribution in [0.25, 0.3) is 0 Å². The number of aromatic nitrogens is 1. The van der Waals surface area contributed by atoms with Crippen molar-refractivity contribution < 1.29 is 9.84 Å². The molecule has 2 atom stereocenters. The highest BCUT2D eigenvalue weighted by atomic mass is 16.5. The number of hydrogen-bond donors (Lipinski definition) is 2. The molecule has 2 N–H and O–H groups in total. The molecule has 0 fully saturated rings. The summed E-state index contributed by atoms with van der Waals surface area (Å²) < 4.78 is 5.22. The van der Waals surface area contributed by atoms with Crippen molar-refractivity contribution in [3.8, 4) is 5.88 Å². The molecule has 0 amide bonds. The summed E-state index contributed by atoms with van der Waals surface area (Å²) in [6, 6.07) is 3.70. The predicted molar refractivity (Wildman–Crippen MR) is 60.2 cm³/mol. The van der Waals surface area contributed by atoms with Crippen LogP contribution in [0.2, 0.25) is 0 Å².